The number of carbonyl (C=O) groups is 2. The number of carbonyl (C=O) groups excluding carboxylic acids is 1. The topological polar surface area (TPSA) is 57.6 Å². The van der Waals surface area contributed by atoms with Gasteiger partial charge in [-0.1, -0.05) is 84.0 Å². The maximum absolute atomic E-state index is 11.6. The van der Waals surface area contributed by atoms with Gasteiger partial charge >= 0.3 is 5.97 Å². The van der Waals surface area contributed by atoms with Crippen molar-refractivity contribution in [2.75, 3.05) is 13.1 Å². The number of carboxylic acids is 1. The first-order valence-corrected chi connectivity index (χ1v) is 11.7. The van der Waals surface area contributed by atoms with Gasteiger partial charge in [0.1, 0.15) is 0 Å². The van der Waals surface area contributed by atoms with Crippen LogP contribution in [0.1, 0.15) is 116 Å². The number of amides is 1. The van der Waals surface area contributed by atoms with E-state index in [-0.39, 0.29) is 11.8 Å². The summed E-state index contributed by atoms with van der Waals surface area (Å²) in [7, 11) is 0. The van der Waals surface area contributed by atoms with Crippen molar-refractivity contribution in [1.82, 2.24) is 4.90 Å². The summed E-state index contributed by atoms with van der Waals surface area (Å²) in [5.41, 5.74) is 0. The summed E-state index contributed by atoms with van der Waals surface area (Å²) in [6.07, 6.45) is 19.4. The molecule has 1 atom stereocenters. The Hall–Kier alpha value is -1.06. The summed E-state index contributed by atoms with van der Waals surface area (Å²) >= 11 is 0. The molecule has 1 amide bonds. The fraction of sp³-hybridized carbons (Fsp3) is 0.913. The molecule has 1 aliphatic heterocycles. The Bertz CT molecular complexity index is 397. The minimum Gasteiger partial charge on any atom is -0.481 e. The van der Waals surface area contributed by atoms with Gasteiger partial charge in [0, 0.05) is 19.5 Å². The number of hydrogen-bond donors (Lipinski definition) is 1. The number of rotatable bonds is 18. The first-order valence-electron chi connectivity index (χ1n) is 11.7. The lowest BCUT2D eigenvalue weighted by atomic mass is 9.95. The van der Waals surface area contributed by atoms with Gasteiger partial charge in [0.15, 0.2) is 0 Å². The van der Waals surface area contributed by atoms with Gasteiger partial charge in [-0.15, -0.1) is 0 Å². The molecule has 0 saturated carbocycles. The fourth-order valence-corrected chi connectivity index (χ4v) is 4.08. The third kappa shape index (κ3) is 12.1. The molecule has 0 radical (unpaired) electrons. The van der Waals surface area contributed by atoms with Crippen LogP contribution in [0.2, 0.25) is 0 Å². The lowest BCUT2D eigenvalue weighted by molar-refractivity contribution is -0.142. The van der Waals surface area contributed by atoms with Crippen molar-refractivity contribution in [1.29, 1.82) is 0 Å². The second-order valence-corrected chi connectivity index (χ2v) is 8.34. The van der Waals surface area contributed by atoms with Crippen molar-refractivity contribution in [3.8, 4) is 0 Å². The minimum absolute atomic E-state index is 0.196. The van der Waals surface area contributed by atoms with Gasteiger partial charge in [-0.2, -0.15) is 0 Å². The average Bonchev–Trinajstić information content (AvgIpc) is 3.06. The number of nitrogens with zero attached hydrogens (tertiary/aromatic N) is 1. The highest BCUT2D eigenvalue weighted by Gasteiger charge is 2.20. The zero-order valence-corrected chi connectivity index (χ0v) is 17.7. The molecule has 1 aliphatic rings. The first-order chi connectivity index (χ1) is 13.1. The van der Waals surface area contributed by atoms with Gasteiger partial charge in [-0.25, -0.2) is 0 Å². The van der Waals surface area contributed by atoms with Crippen LogP contribution >= 0.6 is 0 Å². The minimum atomic E-state index is -0.640. The van der Waals surface area contributed by atoms with E-state index in [2.05, 4.69) is 6.92 Å². The predicted octanol–water partition coefficient (Wildman–Crippen LogP) is 6.18. The summed E-state index contributed by atoms with van der Waals surface area (Å²) in [6, 6.07) is 0. The molecular weight excluding hydrogens is 338 g/mol. The van der Waals surface area contributed by atoms with Crippen LogP contribution in [0.25, 0.3) is 0 Å². The molecule has 4 nitrogen and oxygen atoms in total. The Morgan fingerprint density at radius 1 is 0.889 bits per heavy atom. The summed E-state index contributed by atoms with van der Waals surface area (Å²) in [5, 5.41) is 9.42. The molecule has 1 unspecified atom stereocenters. The monoisotopic (exact) mass is 381 g/mol. The predicted molar refractivity (Wildman–Crippen MR) is 112 cm³/mol. The van der Waals surface area contributed by atoms with Crippen LogP contribution in [0.5, 0.6) is 0 Å². The van der Waals surface area contributed by atoms with E-state index in [9.17, 15) is 14.7 Å². The largest absolute Gasteiger partial charge is 0.481 e. The van der Waals surface area contributed by atoms with Crippen LogP contribution in [0.4, 0.5) is 0 Å². The normalized spacial score (nSPS) is 15.4. The number of hydrogen-bond acceptors (Lipinski definition) is 2. The molecule has 27 heavy (non-hydrogen) atoms. The summed E-state index contributed by atoms with van der Waals surface area (Å²) in [6.45, 7) is 3.95. The van der Waals surface area contributed by atoms with E-state index in [1.165, 1.54) is 64.2 Å². The summed E-state index contributed by atoms with van der Waals surface area (Å²) < 4.78 is 0. The van der Waals surface area contributed by atoms with Gasteiger partial charge in [0.05, 0.1) is 5.92 Å². The number of aliphatic carboxylic acids is 1. The van der Waals surface area contributed by atoms with Crippen LogP contribution in [0.3, 0.4) is 0 Å². The molecule has 0 aromatic carbocycles. The van der Waals surface area contributed by atoms with E-state index in [0.717, 1.165) is 51.6 Å². The zero-order chi connectivity index (χ0) is 19.7. The molecule has 0 aliphatic carbocycles. The highest BCUT2D eigenvalue weighted by molar-refractivity contribution is 5.78. The maximum Gasteiger partial charge on any atom is 0.306 e. The molecule has 1 rings (SSSR count). The van der Waals surface area contributed by atoms with Crippen molar-refractivity contribution in [3.63, 3.8) is 0 Å². The molecule has 158 valence electrons. The van der Waals surface area contributed by atoms with Crippen molar-refractivity contribution >= 4 is 11.9 Å². The first kappa shape index (κ1) is 24.0. The molecule has 4 heteroatoms. The Kier molecular flexibility index (Phi) is 14.2. The van der Waals surface area contributed by atoms with Crippen molar-refractivity contribution in [2.24, 2.45) is 5.92 Å². The Labute approximate surface area is 167 Å². The van der Waals surface area contributed by atoms with Gasteiger partial charge in [-0.3, -0.25) is 9.59 Å². The van der Waals surface area contributed by atoms with E-state index in [1.807, 2.05) is 4.90 Å². The molecule has 0 aromatic rings. The summed E-state index contributed by atoms with van der Waals surface area (Å²) in [4.78, 5) is 25.0. The van der Waals surface area contributed by atoms with Gasteiger partial charge in [0.25, 0.3) is 0 Å². The molecule has 0 spiro atoms. The van der Waals surface area contributed by atoms with Crippen LogP contribution in [0.15, 0.2) is 0 Å². The fourth-order valence-electron chi connectivity index (χ4n) is 4.08. The standard InChI is InChI=1S/C23H43NO3/c1-2-3-4-5-6-7-8-9-10-11-12-16-21(23(26)27)17-13-14-19-24-20-15-18-22(24)25/h21H,2-20H2,1H3,(H,26,27). The highest BCUT2D eigenvalue weighted by atomic mass is 16.4. The second kappa shape index (κ2) is 15.9. The molecule has 0 aromatic heterocycles. The Morgan fingerprint density at radius 2 is 1.41 bits per heavy atom. The quantitative estimate of drug-likeness (QED) is 0.288. The molecular formula is C23H43NO3. The van der Waals surface area contributed by atoms with Crippen LogP contribution in [-0.2, 0) is 9.59 Å². The van der Waals surface area contributed by atoms with Gasteiger partial charge in [0.2, 0.25) is 5.91 Å². The molecule has 1 fully saturated rings. The van der Waals surface area contributed by atoms with E-state index in [0.29, 0.717) is 6.42 Å². The maximum atomic E-state index is 11.6. The van der Waals surface area contributed by atoms with E-state index < -0.39 is 5.97 Å². The van der Waals surface area contributed by atoms with Crippen LogP contribution in [0, 0.1) is 5.92 Å². The van der Waals surface area contributed by atoms with Gasteiger partial charge in [-0.05, 0) is 25.7 Å². The molecule has 1 N–H and O–H groups in total. The Morgan fingerprint density at radius 3 is 1.89 bits per heavy atom. The second-order valence-electron chi connectivity index (χ2n) is 8.34. The van der Waals surface area contributed by atoms with Crippen LogP contribution < -0.4 is 0 Å². The SMILES string of the molecule is CCCCCCCCCCCCCC(CCCCN1CCCC1=O)C(=O)O. The number of unbranched alkanes of at least 4 members (excludes halogenated alkanes) is 11. The lowest BCUT2D eigenvalue weighted by Gasteiger charge is -2.16. The van der Waals surface area contributed by atoms with Crippen LogP contribution in [-0.4, -0.2) is 35.0 Å². The zero-order valence-electron chi connectivity index (χ0n) is 17.7. The third-order valence-corrected chi connectivity index (χ3v) is 5.91. The molecule has 1 saturated heterocycles. The van der Waals surface area contributed by atoms with Gasteiger partial charge < -0.3 is 10.0 Å². The van der Waals surface area contributed by atoms with Crippen molar-refractivity contribution < 1.29 is 14.7 Å². The van der Waals surface area contributed by atoms with E-state index in [4.69, 9.17) is 0 Å². The molecule has 0 bridgehead atoms. The van der Waals surface area contributed by atoms with Crippen molar-refractivity contribution in [2.45, 2.75) is 116 Å². The number of likely N-dealkylation sites (tertiary alicyclic amines) is 1. The number of carboxylic acid groups (broad SMARTS) is 1. The Balaban J connectivity index is 1.95. The summed E-state index contributed by atoms with van der Waals surface area (Å²) in [5.74, 6) is -0.567. The lowest BCUT2D eigenvalue weighted by Crippen LogP contribution is -2.25. The average molecular weight is 382 g/mol. The van der Waals surface area contributed by atoms with Crippen molar-refractivity contribution in [3.05, 3.63) is 0 Å². The molecule has 1 heterocycles. The highest BCUT2D eigenvalue weighted by Crippen LogP contribution is 2.19. The third-order valence-electron chi connectivity index (χ3n) is 5.91. The van der Waals surface area contributed by atoms with E-state index in [1.54, 1.807) is 0 Å². The smallest absolute Gasteiger partial charge is 0.306 e. The van der Waals surface area contributed by atoms with E-state index >= 15 is 0 Å².